The van der Waals surface area contributed by atoms with E-state index in [4.69, 9.17) is 28.0 Å². The van der Waals surface area contributed by atoms with Crippen molar-refractivity contribution in [3.8, 4) is 0 Å². The van der Waals surface area contributed by atoms with Crippen molar-refractivity contribution in [3.63, 3.8) is 0 Å². The topological polar surface area (TPSA) is 51.8 Å². The van der Waals surface area contributed by atoms with Gasteiger partial charge in [-0.1, -0.05) is 51.8 Å². The first-order chi connectivity index (χ1) is 14.1. The Hall–Kier alpha value is -2.06. The Labute approximate surface area is 186 Å². The van der Waals surface area contributed by atoms with E-state index in [1.54, 1.807) is 29.4 Å². The number of hydrogen-bond acceptors (Lipinski definition) is 6. The molecule has 29 heavy (non-hydrogen) atoms. The molecular formula is C20H16Cl2N4OS2. The summed E-state index contributed by atoms with van der Waals surface area (Å²) in [6, 6.07) is 15.3. The van der Waals surface area contributed by atoms with Gasteiger partial charge in [0.2, 0.25) is 4.96 Å². The van der Waals surface area contributed by atoms with Crippen molar-refractivity contribution in [2.45, 2.75) is 18.4 Å². The molecule has 9 heteroatoms. The molecule has 2 heterocycles. The second-order valence-corrected chi connectivity index (χ2v) is 9.05. The molecule has 4 rings (SSSR count). The monoisotopic (exact) mass is 462 g/mol. The highest BCUT2D eigenvalue weighted by molar-refractivity contribution is 8.00. The quantitative estimate of drug-likeness (QED) is 0.188. The number of nitrogens with zero attached hydrogens (tertiary/aromatic N) is 4. The number of aryl methyl sites for hydroxylation is 1. The van der Waals surface area contributed by atoms with Crippen LogP contribution in [0.1, 0.15) is 16.1 Å². The summed E-state index contributed by atoms with van der Waals surface area (Å²) in [6.07, 6.45) is 1.55. The standard InChI is InChI=1S/C20H16Cl2N4OS2/c1-13-19(29-20-23-12-24-26(13)20)18(11-28-17-7-5-15(21)6-8-17)25-27-10-14-3-2-4-16(22)9-14/h2-9,12H,10-11H2,1H3. The van der Waals surface area contributed by atoms with Crippen LogP contribution in [0, 0.1) is 6.92 Å². The van der Waals surface area contributed by atoms with Gasteiger partial charge >= 0.3 is 0 Å². The van der Waals surface area contributed by atoms with Gasteiger partial charge in [-0.05, 0) is 48.9 Å². The van der Waals surface area contributed by atoms with E-state index in [9.17, 15) is 0 Å². The van der Waals surface area contributed by atoms with E-state index >= 15 is 0 Å². The van der Waals surface area contributed by atoms with Crippen LogP contribution >= 0.6 is 46.3 Å². The molecule has 0 aliphatic heterocycles. The third-order valence-electron chi connectivity index (χ3n) is 4.10. The van der Waals surface area contributed by atoms with E-state index in [-0.39, 0.29) is 0 Å². The van der Waals surface area contributed by atoms with Crippen LogP contribution in [0.5, 0.6) is 0 Å². The van der Waals surface area contributed by atoms with Crippen molar-refractivity contribution in [2.24, 2.45) is 5.16 Å². The van der Waals surface area contributed by atoms with Gasteiger partial charge in [0, 0.05) is 20.7 Å². The summed E-state index contributed by atoms with van der Waals surface area (Å²) in [5.74, 6) is 0.641. The molecule has 0 radical (unpaired) electrons. The summed E-state index contributed by atoms with van der Waals surface area (Å²) >= 11 is 15.2. The van der Waals surface area contributed by atoms with Gasteiger partial charge in [-0.15, -0.1) is 11.8 Å². The van der Waals surface area contributed by atoms with Crippen molar-refractivity contribution in [3.05, 3.63) is 81.0 Å². The molecular weight excluding hydrogens is 447 g/mol. The number of rotatable bonds is 7. The van der Waals surface area contributed by atoms with Crippen LogP contribution < -0.4 is 0 Å². The zero-order valence-electron chi connectivity index (χ0n) is 15.4. The molecule has 0 unspecified atom stereocenters. The maximum atomic E-state index is 6.05. The van der Waals surface area contributed by atoms with Gasteiger partial charge in [0.15, 0.2) is 0 Å². The molecule has 0 bridgehead atoms. The summed E-state index contributed by atoms with van der Waals surface area (Å²) < 4.78 is 1.82. The third kappa shape index (κ3) is 4.93. The Bertz CT molecular complexity index is 1150. The number of halogens is 2. The molecule has 5 nitrogen and oxygen atoms in total. The molecule has 0 aliphatic rings. The van der Waals surface area contributed by atoms with Crippen LogP contribution in [0.15, 0.2) is 64.9 Å². The van der Waals surface area contributed by atoms with E-state index in [1.807, 2.05) is 60.0 Å². The number of fused-ring (bicyclic) bond motifs is 1. The van der Waals surface area contributed by atoms with Gasteiger partial charge in [-0.25, -0.2) is 9.50 Å². The van der Waals surface area contributed by atoms with Gasteiger partial charge in [-0.2, -0.15) is 5.10 Å². The summed E-state index contributed by atoms with van der Waals surface area (Å²) in [5, 5.41) is 10.1. The third-order valence-corrected chi connectivity index (χ3v) is 6.81. The normalized spacial score (nSPS) is 11.9. The number of hydrogen-bond donors (Lipinski definition) is 0. The highest BCUT2D eigenvalue weighted by atomic mass is 35.5. The van der Waals surface area contributed by atoms with Crippen molar-refractivity contribution in [2.75, 3.05) is 5.75 Å². The molecule has 0 saturated carbocycles. The van der Waals surface area contributed by atoms with Gasteiger partial charge in [0.25, 0.3) is 0 Å². The van der Waals surface area contributed by atoms with E-state index in [1.165, 1.54) is 0 Å². The Balaban J connectivity index is 1.56. The largest absolute Gasteiger partial charge is 0.391 e. The average molecular weight is 463 g/mol. The molecule has 0 fully saturated rings. The average Bonchev–Trinajstić information content (AvgIpc) is 3.29. The zero-order valence-corrected chi connectivity index (χ0v) is 18.5. The lowest BCUT2D eigenvalue weighted by Crippen LogP contribution is -2.07. The SMILES string of the molecule is Cc1c(C(CSc2ccc(Cl)cc2)=NOCc2cccc(Cl)c2)sc2ncnn12. The second-order valence-electron chi connectivity index (χ2n) is 6.15. The van der Waals surface area contributed by atoms with E-state index in [2.05, 4.69) is 15.2 Å². The minimum Gasteiger partial charge on any atom is -0.391 e. The first-order valence-corrected chi connectivity index (χ1v) is 11.3. The number of oxime groups is 1. The minimum atomic E-state index is 0.343. The molecule has 0 N–H and O–H groups in total. The number of thioether (sulfide) groups is 1. The number of benzene rings is 2. The molecule has 0 saturated heterocycles. The zero-order chi connectivity index (χ0) is 20.2. The summed E-state index contributed by atoms with van der Waals surface area (Å²) in [6.45, 7) is 2.35. The predicted octanol–water partition coefficient (Wildman–Crippen LogP) is 6.12. The van der Waals surface area contributed by atoms with Crippen molar-refractivity contribution >= 4 is 57.0 Å². The fraction of sp³-hybridized carbons (Fsp3) is 0.150. The van der Waals surface area contributed by atoms with Crippen LogP contribution in [0.2, 0.25) is 10.0 Å². The Morgan fingerprint density at radius 3 is 2.76 bits per heavy atom. The van der Waals surface area contributed by atoms with Crippen LogP contribution in [-0.4, -0.2) is 26.1 Å². The van der Waals surface area contributed by atoms with E-state index < -0.39 is 0 Å². The van der Waals surface area contributed by atoms with Gasteiger partial charge in [0.05, 0.1) is 10.6 Å². The highest BCUT2D eigenvalue weighted by Gasteiger charge is 2.17. The fourth-order valence-electron chi connectivity index (χ4n) is 2.69. The van der Waals surface area contributed by atoms with E-state index in [0.717, 1.165) is 36.7 Å². The molecule has 0 aliphatic carbocycles. The lowest BCUT2D eigenvalue weighted by molar-refractivity contribution is 0.130. The molecule has 4 aromatic rings. The van der Waals surface area contributed by atoms with Gasteiger partial charge in [-0.3, -0.25) is 0 Å². The van der Waals surface area contributed by atoms with Crippen molar-refractivity contribution < 1.29 is 4.84 Å². The molecule has 2 aromatic carbocycles. The summed E-state index contributed by atoms with van der Waals surface area (Å²) in [5.41, 5.74) is 2.79. The molecule has 148 valence electrons. The highest BCUT2D eigenvalue weighted by Crippen LogP contribution is 2.26. The number of aromatic nitrogens is 3. The lowest BCUT2D eigenvalue weighted by Gasteiger charge is -2.07. The van der Waals surface area contributed by atoms with Crippen molar-refractivity contribution in [1.29, 1.82) is 0 Å². The van der Waals surface area contributed by atoms with Crippen LogP contribution in [-0.2, 0) is 11.4 Å². The second kappa shape index (κ2) is 9.17. The number of thiazole rings is 1. The molecule has 0 atom stereocenters. The van der Waals surface area contributed by atoms with Gasteiger partial charge in [0.1, 0.15) is 18.6 Å². The molecule has 2 aromatic heterocycles. The van der Waals surface area contributed by atoms with Crippen LogP contribution in [0.3, 0.4) is 0 Å². The maximum absolute atomic E-state index is 6.05. The maximum Gasteiger partial charge on any atom is 0.212 e. The Kier molecular flexibility index (Phi) is 6.40. The summed E-state index contributed by atoms with van der Waals surface area (Å²) in [4.78, 5) is 12.9. The Morgan fingerprint density at radius 1 is 1.17 bits per heavy atom. The smallest absolute Gasteiger partial charge is 0.212 e. The fourth-order valence-corrected chi connectivity index (χ4v) is 4.96. The lowest BCUT2D eigenvalue weighted by atomic mass is 10.2. The minimum absolute atomic E-state index is 0.343. The Morgan fingerprint density at radius 2 is 2.00 bits per heavy atom. The van der Waals surface area contributed by atoms with Crippen LogP contribution in [0.25, 0.3) is 4.96 Å². The van der Waals surface area contributed by atoms with Crippen molar-refractivity contribution in [1.82, 2.24) is 14.6 Å². The van der Waals surface area contributed by atoms with E-state index in [0.29, 0.717) is 17.4 Å². The first-order valence-electron chi connectivity index (χ1n) is 8.71. The molecule has 0 amide bonds. The first kappa shape index (κ1) is 20.2. The van der Waals surface area contributed by atoms with Crippen LogP contribution in [0.4, 0.5) is 0 Å². The molecule has 0 spiro atoms. The van der Waals surface area contributed by atoms with Gasteiger partial charge < -0.3 is 4.84 Å². The predicted molar refractivity (Wildman–Crippen MR) is 121 cm³/mol. The summed E-state index contributed by atoms with van der Waals surface area (Å²) in [7, 11) is 0.